The highest BCUT2D eigenvalue weighted by atomic mass is 16.3. The van der Waals surface area contributed by atoms with Crippen LogP contribution in [0, 0.1) is 0 Å². The van der Waals surface area contributed by atoms with E-state index in [0.717, 1.165) is 44.6 Å². The number of para-hydroxylation sites is 1. The normalized spacial score (nSPS) is 13.1. The predicted molar refractivity (Wildman–Crippen MR) is 209 cm³/mol. The van der Waals surface area contributed by atoms with Crippen molar-refractivity contribution >= 4 is 49.8 Å². The van der Waals surface area contributed by atoms with Crippen molar-refractivity contribution in [2.75, 3.05) is 4.90 Å². The molecule has 0 fully saturated rings. The van der Waals surface area contributed by atoms with Gasteiger partial charge >= 0.3 is 0 Å². The molecule has 10 rings (SSSR count). The number of benzene rings is 8. The summed E-state index contributed by atoms with van der Waals surface area (Å²) in [6, 6.07) is 65.7. The third-order valence-corrected chi connectivity index (χ3v) is 10.7. The summed E-state index contributed by atoms with van der Waals surface area (Å²) in [4.78, 5) is 2.45. The zero-order valence-corrected chi connectivity index (χ0v) is 27.7. The molecular weight excluding hydrogens is 607 g/mol. The molecule has 8 aromatic carbocycles. The van der Waals surface area contributed by atoms with Crippen LogP contribution in [0.1, 0.15) is 23.6 Å². The molecule has 0 bridgehead atoms. The lowest BCUT2D eigenvalue weighted by molar-refractivity contribution is 0.638. The highest BCUT2D eigenvalue weighted by Gasteiger charge is 2.45. The maximum atomic E-state index is 6.99. The molecule has 50 heavy (non-hydrogen) atoms. The summed E-state index contributed by atoms with van der Waals surface area (Å²) in [7, 11) is 0. The van der Waals surface area contributed by atoms with Crippen molar-refractivity contribution in [3.8, 4) is 22.3 Å². The van der Waals surface area contributed by atoms with Crippen LogP contribution < -0.4 is 4.90 Å². The van der Waals surface area contributed by atoms with Gasteiger partial charge in [0.15, 0.2) is 0 Å². The first-order chi connectivity index (χ1) is 24.7. The summed E-state index contributed by atoms with van der Waals surface area (Å²) >= 11 is 0. The minimum Gasteiger partial charge on any atom is -0.456 e. The van der Waals surface area contributed by atoms with Crippen LogP contribution in [0.2, 0.25) is 0 Å². The van der Waals surface area contributed by atoms with E-state index in [1.807, 2.05) is 0 Å². The molecule has 0 amide bonds. The van der Waals surface area contributed by atoms with Crippen LogP contribution in [0.4, 0.5) is 17.1 Å². The molecule has 1 heterocycles. The monoisotopic (exact) mass is 639 g/mol. The minimum absolute atomic E-state index is 0.511. The fourth-order valence-corrected chi connectivity index (χ4v) is 8.42. The van der Waals surface area contributed by atoms with Crippen molar-refractivity contribution in [2.24, 2.45) is 0 Å². The zero-order valence-electron chi connectivity index (χ0n) is 27.7. The number of furan rings is 1. The highest BCUT2D eigenvalue weighted by Crippen LogP contribution is 2.58. The molecular formula is C48H33NO. The molecule has 236 valence electrons. The number of hydrogen-bond acceptors (Lipinski definition) is 2. The molecule has 0 aliphatic heterocycles. The number of rotatable bonds is 5. The van der Waals surface area contributed by atoms with Gasteiger partial charge in [0.05, 0.1) is 11.4 Å². The smallest absolute Gasteiger partial charge is 0.141 e. The van der Waals surface area contributed by atoms with Gasteiger partial charge in [0.25, 0.3) is 0 Å². The van der Waals surface area contributed by atoms with Crippen molar-refractivity contribution in [1.82, 2.24) is 0 Å². The van der Waals surface area contributed by atoms with E-state index in [-0.39, 0.29) is 0 Å². The predicted octanol–water partition coefficient (Wildman–Crippen LogP) is 13.2. The lowest BCUT2D eigenvalue weighted by Gasteiger charge is -2.35. The number of anilines is 3. The Labute approximate surface area is 291 Å². The number of fused-ring (bicyclic) bond motifs is 7. The molecule has 0 atom stereocenters. The fraction of sp³-hybridized carbons (Fsp3) is 0.0417. The molecule has 0 spiro atoms. The van der Waals surface area contributed by atoms with Crippen LogP contribution in [0.15, 0.2) is 186 Å². The lowest BCUT2D eigenvalue weighted by Crippen LogP contribution is -2.26. The highest BCUT2D eigenvalue weighted by molar-refractivity contribution is 6.10. The van der Waals surface area contributed by atoms with Crippen molar-refractivity contribution < 1.29 is 4.42 Å². The zero-order chi connectivity index (χ0) is 33.2. The van der Waals surface area contributed by atoms with E-state index in [1.165, 1.54) is 44.2 Å². The van der Waals surface area contributed by atoms with Crippen LogP contribution in [-0.4, -0.2) is 0 Å². The van der Waals surface area contributed by atoms with Gasteiger partial charge < -0.3 is 9.32 Å². The Bertz CT molecular complexity index is 2670. The van der Waals surface area contributed by atoms with Crippen molar-refractivity contribution in [2.45, 2.75) is 12.3 Å². The Kier molecular flexibility index (Phi) is 6.34. The molecule has 1 aliphatic carbocycles. The van der Waals surface area contributed by atoms with E-state index in [1.54, 1.807) is 0 Å². The van der Waals surface area contributed by atoms with Crippen LogP contribution in [0.5, 0.6) is 0 Å². The second-order valence-corrected chi connectivity index (χ2v) is 13.4. The first-order valence-electron chi connectivity index (χ1n) is 17.3. The Morgan fingerprint density at radius 2 is 1.04 bits per heavy atom. The largest absolute Gasteiger partial charge is 0.456 e. The summed E-state index contributed by atoms with van der Waals surface area (Å²) in [5.74, 6) is 0. The summed E-state index contributed by atoms with van der Waals surface area (Å²) in [6.45, 7) is 2.39. The van der Waals surface area contributed by atoms with Crippen molar-refractivity contribution in [3.05, 3.63) is 199 Å². The molecule has 0 radical (unpaired) electrons. The van der Waals surface area contributed by atoms with Crippen LogP contribution in [-0.2, 0) is 5.41 Å². The Morgan fingerprint density at radius 3 is 1.80 bits per heavy atom. The van der Waals surface area contributed by atoms with E-state index >= 15 is 0 Å². The van der Waals surface area contributed by atoms with Crippen molar-refractivity contribution in [1.29, 1.82) is 0 Å². The molecule has 0 saturated heterocycles. The quantitative estimate of drug-likeness (QED) is 0.186. The average Bonchev–Trinajstić information content (AvgIpc) is 3.69. The maximum absolute atomic E-state index is 6.99. The van der Waals surface area contributed by atoms with Gasteiger partial charge in [0, 0.05) is 32.8 Å². The van der Waals surface area contributed by atoms with Gasteiger partial charge in [0.1, 0.15) is 11.2 Å². The van der Waals surface area contributed by atoms with Gasteiger partial charge in [-0.3, -0.25) is 0 Å². The molecule has 1 aliphatic rings. The molecule has 9 aromatic rings. The standard InChI is InChI=1S/C48H33NO/c1-48(41-22-10-7-19-37(41)38-20-8-11-23-42(38)48)46-44(31-30-40-39-21-9-12-25-45(39)50-47(40)46)49(43-24-13-17-34-16-5-6-18-36(34)43)35-28-26-33(27-29-35)32-14-3-2-4-15-32/h2-31H,1H3. The van der Waals surface area contributed by atoms with Gasteiger partial charge in [-0.05, 0) is 82.1 Å². The van der Waals surface area contributed by atoms with E-state index in [2.05, 4.69) is 194 Å². The van der Waals surface area contributed by atoms with Crippen LogP contribution in [0.25, 0.3) is 55.0 Å². The third-order valence-electron chi connectivity index (χ3n) is 10.7. The number of hydrogen-bond donors (Lipinski definition) is 0. The summed E-state index contributed by atoms with van der Waals surface area (Å²) in [5.41, 5.74) is 13.3. The molecule has 0 saturated carbocycles. The Balaban J connectivity index is 1.33. The lowest BCUT2D eigenvalue weighted by atomic mass is 9.72. The molecule has 1 aromatic heterocycles. The SMILES string of the molecule is CC1(c2c(N(c3ccc(-c4ccccc4)cc3)c3cccc4ccccc34)ccc3c2oc2ccccc23)c2ccccc2-c2ccccc21. The van der Waals surface area contributed by atoms with E-state index < -0.39 is 5.41 Å². The topological polar surface area (TPSA) is 16.4 Å². The average molecular weight is 640 g/mol. The van der Waals surface area contributed by atoms with E-state index in [9.17, 15) is 0 Å². The van der Waals surface area contributed by atoms with E-state index in [4.69, 9.17) is 4.42 Å². The van der Waals surface area contributed by atoms with E-state index in [0.29, 0.717) is 0 Å². The minimum atomic E-state index is -0.511. The molecule has 2 heteroatoms. The van der Waals surface area contributed by atoms with Gasteiger partial charge in [-0.25, -0.2) is 0 Å². The van der Waals surface area contributed by atoms with Gasteiger partial charge in [-0.15, -0.1) is 0 Å². The van der Waals surface area contributed by atoms with Crippen LogP contribution in [0.3, 0.4) is 0 Å². The number of nitrogens with zero attached hydrogens (tertiary/aromatic N) is 1. The fourth-order valence-electron chi connectivity index (χ4n) is 8.42. The summed E-state index contributed by atoms with van der Waals surface area (Å²) in [5, 5.41) is 4.64. The summed E-state index contributed by atoms with van der Waals surface area (Å²) < 4.78 is 6.99. The molecule has 0 unspecified atom stereocenters. The third kappa shape index (κ3) is 4.15. The molecule has 0 N–H and O–H groups in total. The second-order valence-electron chi connectivity index (χ2n) is 13.4. The second kappa shape index (κ2) is 11.1. The molecule has 2 nitrogen and oxygen atoms in total. The Hall–Kier alpha value is -6.38. The first-order valence-corrected chi connectivity index (χ1v) is 17.3. The van der Waals surface area contributed by atoms with Gasteiger partial charge in [0.2, 0.25) is 0 Å². The maximum Gasteiger partial charge on any atom is 0.141 e. The summed E-state index contributed by atoms with van der Waals surface area (Å²) in [6.07, 6.45) is 0. The first kappa shape index (κ1) is 28.6. The van der Waals surface area contributed by atoms with Gasteiger partial charge in [-0.2, -0.15) is 0 Å². The van der Waals surface area contributed by atoms with Crippen molar-refractivity contribution in [3.63, 3.8) is 0 Å². The van der Waals surface area contributed by atoms with Crippen LogP contribution >= 0.6 is 0 Å². The Morgan fingerprint density at radius 1 is 0.440 bits per heavy atom. The van der Waals surface area contributed by atoms with Gasteiger partial charge in [-0.1, -0.05) is 146 Å².